The van der Waals surface area contributed by atoms with Gasteiger partial charge >= 0.3 is 0 Å². The molecule has 13 heavy (non-hydrogen) atoms. The number of halogens is 3. The minimum Gasteiger partial charge on any atom is -0.495 e. The minimum absolute atomic E-state index is 0.252. The predicted molar refractivity (Wildman–Crippen MR) is 48.2 cm³/mol. The molecule has 0 unspecified atom stereocenters. The fourth-order valence-electron chi connectivity index (χ4n) is 0.940. The van der Waals surface area contributed by atoms with E-state index in [-0.39, 0.29) is 5.69 Å². The fraction of sp³-hybridized carbons (Fsp3) is 0.375. The van der Waals surface area contributed by atoms with Crippen LogP contribution in [0.5, 0.6) is 5.75 Å². The van der Waals surface area contributed by atoms with E-state index in [4.69, 9.17) is 4.74 Å². The Bertz CT molecular complexity index is 317. The van der Waals surface area contributed by atoms with Gasteiger partial charge in [-0.25, -0.2) is 8.78 Å². The number of hydrogen-bond donors (Lipinski definition) is 0. The molecule has 0 aliphatic heterocycles. The van der Waals surface area contributed by atoms with Crippen molar-refractivity contribution in [1.82, 2.24) is 4.98 Å². The lowest BCUT2D eigenvalue weighted by molar-refractivity contribution is 0.145. The van der Waals surface area contributed by atoms with Crippen LogP contribution in [0.25, 0.3) is 0 Å². The first kappa shape index (κ1) is 10.4. The molecule has 0 aliphatic carbocycles. The number of alkyl halides is 2. The van der Waals surface area contributed by atoms with Crippen LogP contribution in [0.15, 0.2) is 10.7 Å². The molecule has 0 aromatic carbocycles. The molecule has 0 atom stereocenters. The Morgan fingerprint density at radius 2 is 2.15 bits per heavy atom. The highest BCUT2D eigenvalue weighted by Crippen LogP contribution is 2.32. The Balaban J connectivity index is 3.23. The highest BCUT2D eigenvalue weighted by Gasteiger charge is 2.16. The van der Waals surface area contributed by atoms with E-state index in [1.54, 1.807) is 6.92 Å². The Morgan fingerprint density at radius 1 is 1.54 bits per heavy atom. The summed E-state index contributed by atoms with van der Waals surface area (Å²) in [4.78, 5) is 3.59. The van der Waals surface area contributed by atoms with E-state index >= 15 is 0 Å². The average molecular weight is 252 g/mol. The Kier molecular flexibility index (Phi) is 3.19. The van der Waals surface area contributed by atoms with Crippen LogP contribution in [0.3, 0.4) is 0 Å². The lowest BCUT2D eigenvalue weighted by Gasteiger charge is -2.09. The number of hydrogen-bond acceptors (Lipinski definition) is 2. The molecule has 0 aliphatic rings. The van der Waals surface area contributed by atoms with Gasteiger partial charge in [-0.15, -0.1) is 0 Å². The fourth-order valence-corrected chi connectivity index (χ4v) is 1.41. The molecule has 0 amide bonds. The number of nitrogens with zero attached hydrogens (tertiary/aromatic N) is 1. The topological polar surface area (TPSA) is 22.1 Å². The summed E-state index contributed by atoms with van der Waals surface area (Å²) in [7, 11) is 1.47. The lowest BCUT2D eigenvalue weighted by Crippen LogP contribution is -1.97. The molecule has 0 N–H and O–H groups in total. The maximum Gasteiger partial charge on any atom is 0.281 e. The molecule has 0 saturated heterocycles. The zero-order valence-corrected chi connectivity index (χ0v) is 8.73. The van der Waals surface area contributed by atoms with E-state index in [0.717, 1.165) is 0 Å². The summed E-state index contributed by atoms with van der Waals surface area (Å²) < 4.78 is 29.9. The Hall–Kier alpha value is -0.710. The highest BCUT2D eigenvalue weighted by molar-refractivity contribution is 9.10. The molecule has 0 spiro atoms. The van der Waals surface area contributed by atoms with Crippen LogP contribution in [-0.4, -0.2) is 12.1 Å². The summed E-state index contributed by atoms with van der Waals surface area (Å²) in [5.41, 5.74) is 0.381. The highest BCUT2D eigenvalue weighted by atomic mass is 79.9. The number of pyridine rings is 1. The normalized spacial score (nSPS) is 10.6. The van der Waals surface area contributed by atoms with Gasteiger partial charge in [0.2, 0.25) is 0 Å². The minimum atomic E-state index is -2.57. The van der Waals surface area contributed by atoms with Gasteiger partial charge in [-0.2, -0.15) is 0 Å². The quantitative estimate of drug-likeness (QED) is 0.806. The largest absolute Gasteiger partial charge is 0.495 e. The molecule has 1 heterocycles. The Morgan fingerprint density at radius 3 is 2.62 bits per heavy atom. The van der Waals surface area contributed by atoms with E-state index in [0.29, 0.717) is 15.8 Å². The van der Waals surface area contributed by atoms with Gasteiger partial charge in [0.25, 0.3) is 6.43 Å². The smallest absolute Gasteiger partial charge is 0.281 e. The van der Waals surface area contributed by atoms with Crippen LogP contribution in [0.4, 0.5) is 8.78 Å². The van der Waals surface area contributed by atoms with Crippen LogP contribution in [-0.2, 0) is 0 Å². The van der Waals surface area contributed by atoms with E-state index < -0.39 is 6.43 Å². The molecule has 0 saturated carbocycles. The molecule has 0 radical (unpaired) electrons. The molecule has 1 aromatic rings. The van der Waals surface area contributed by atoms with E-state index in [1.807, 2.05) is 0 Å². The van der Waals surface area contributed by atoms with Crippen molar-refractivity contribution >= 4 is 15.9 Å². The summed E-state index contributed by atoms with van der Waals surface area (Å²) in [6.07, 6.45) is -1.28. The van der Waals surface area contributed by atoms with Gasteiger partial charge < -0.3 is 4.74 Å². The zero-order chi connectivity index (χ0) is 10.0. The van der Waals surface area contributed by atoms with Crippen LogP contribution >= 0.6 is 15.9 Å². The van der Waals surface area contributed by atoms with Crippen LogP contribution in [0.2, 0.25) is 0 Å². The second-order valence-electron chi connectivity index (χ2n) is 2.45. The molecule has 0 bridgehead atoms. The van der Waals surface area contributed by atoms with Gasteiger partial charge in [-0.05, 0) is 22.9 Å². The van der Waals surface area contributed by atoms with Crippen LogP contribution in [0.1, 0.15) is 17.7 Å². The van der Waals surface area contributed by atoms with Crippen molar-refractivity contribution in [3.8, 4) is 5.75 Å². The van der Waals surface area contributed by atoms with E-state index in [2.05, 4.69) is 20.9 Å². The summed E-state index contributed by atoms with van der Waals surface area (Å²) in [6.45, 7) is 1.69. The van der Waals surface area contributed by atoms with Crippen molar-refractivity contribution in [3.05, 3.63) is 21.9 Å². The third-order valence-electron chi connectivity index (χ3n) is 1.67. The van der Waals surface area contributed by atoms with E-state index in [9.17, 15) is 8.78 Å². The summed E-state index contributed by atoms with van der Waals surface area (Å²) in [6, 6.07) is 0. The molecule has 2 nitrogen and oxygen atoms in total. The molecule has 1 rings (SSSR count). The lowest BCUT2D eigenvalue weighted by atomic mass is 10.2. The summed E-state index contributed by atoms with van der Waals surface area (Å²) >= 11 is 3.05. The maximum atomic E-state index is 12.3. The molecular formula is C8H8BrF2NO. The first-order valence-corrected chi connectivity index (χ1v) is 4.34. The van der Waals surface area contributed by atoms with E-state index in [1.165, 1.54) is 13.3 Å². The molecule has 1 aromatic heterocycles. The maximum absolute atomic E-state index is 12.3. The number of aromatic nitrogens is 1. The molecular weight excluding hydrogens is 244 g/mol. The molecule has 0 fully saturated rings. The van der Waals surface area contributed by atoms with Crippen molar-refractivity contribution in [2.75, 3.05) is 7.11 Å². The zero-order valence-electron chi connectivity index (χ0n) is 7.14. The van der Waals surface area contributed by atoms with Crippen molar-refractivity contribution < 1.29 is 13.5 Å². The summed E-state index contributed by atoms with van der Waals surface area (Å²) in [5.74, 6) is 0.497. The Labute approximate surface area is 83.1 Å². The van der Waals surface area contributed by atoms with Gasteiger partial charge in [-0.3, -0.25) is 4.98 Å². The van der Waals surface area contributed by atoms with Crippen LogP contribution in [0, 0.1) is 6.92 Å². The van der Waals surface area contributed by atoms with Gasteiger partial charge in [0.05, 0.1) is 17.8 Å². The predicted octanol–water partition coefficient (Wildman–Crippen LogP) is 3.10. The van der Waals surface area contributed by atoms with Gasteiger partial charge in [0, 0.05) is 5.56 Å². The van der Waals surface area contributed by atoms with Gasteiger partial charge in [-0.1, -0.05) is 0 Å². The first-order valence-electron chi connectivity index (χ1n) is 3.55. The monoisotopic (exact) mass is 251 g/mol. The summed E-state index contributed by atoms with van der Waals surface area (Å²) in [5, 5.41) is 0. The number of rotatable bonds is 2. The van der Waals surface area contributed by atoms with Gasteiger partial charge in [0.15, 0.2) is 0 Å². The molecule has 5 heteroatoms. The van der Waals surface area contributed by atoms with Crippen molar-refractivity contribution in [2.45, 2.75) is 13.3 Å². The number of ether oxygens (including phenoxy) is 1. The van der Waals surface area contributed by atoms with Crippen molar-refractivity contribution in [1.29, 1.82) is 0 Å². The first-order chi connectivity index (χ1) is 6.07. The van der Waals surface area contributed by atoms with Crippen molar-refractivity contribution in [2.24, 2.45) is 0 Å². The third kappa shape index (κ3) is 1.96. The van der Waals surface area contributed by atoms with Gasteiger partial charge in [0.1, 0.15) is 11.4 Å². The molecule has 72 valence electrons. The third-order valence-corrected chi connectivity index (χ3v) is 2.67. The average Bonchev–Trinajstić information content (AvgIpc) is 2.09. The van der Waals surface area contributed by atoms with Crippen molar-refractivity contribution in [3.63, 3.8) is 0 Å². The standard InChI is InChI=1S/C8H8BrF2NO/c1-4-5(13-2)3-12-7(6(4)9)8(10)11/h3,8H,1-2H3. The SMILES string of the molecule is COc1cnc(C(F)F)c(Br)c1C. The van der Waals surface area contributed by atoms with Crippen LogP contribution < -0.4 is 4.74 Å². The second kappa shape index (κ2) is 4.00. The number of methoxy groups -OCH3 is 1. The second-order valence-corrected chi connectivity index (χ2v) is 3.24.